The van der Waals surface area contributed by atoms with Crippen molar-refractivity contribution in [3.05, 3.63) is 10.6 Å². The maximum Gasteiger partial charge on any atom is 0.511 e. The molecule has 1 fully saturated rings. The number of ether oxygens (including phenoxy) is 3. The molecule has 0 spiro atoms. The third-order valence-electron chi connectivity index (χ3n) is 3.36. The summed E-state index contributed by atoms with van der Waals surface area (Å²) in [7, 11) is 0. The Morgan fingerprint density at radius 3 is 2.63 bits per heavy atom. The van der Waals surface area contributed by atoms with Crippen molar-refractivity contribution in [3.63, 3.8) is 0 Å². The zero-order valence-corrected chi connectivity index (χ0v) is 17.4. The van der Waals surface area contributed by atoms with Gasteiger partial charge in [-0.3, -0.25) is 9.69 Å². The summed E-state index contributed by atoms with van der Waals surface area (Å²) in [5.74, 6) is 2.17. The van der Waals surface area contributed by atoms with Crippen LogP contribution in [0.15, 0.2) is 10.6 Å². The first kappa shape index (κ1) is 23.5. The van der Waals surface area contributed by atoms with Gasteiger partial charge < -0.3 is 19.9 Å². The summed E-state index contributed by atoms with van der Waals surface area (Å²) < 4.78 is 14.9. The Morgan fingerprint density at radius 2 is 2.04 bits per heavy atom. The van der Waals surface area contributed by atoms with Crippen LogP contribution in [0.25, 0.3) is 0 Å². The largest absolute Gasteiger partial charge is 0.511 e. The molecule has 2 N–H and O–H groups in total. The number of thioether (sulfide) groups is 2. The molecule has 0 aromatic rings. The molecule has 3 atom stereocenters. The molecule has 150 valence electrons. The first-order valence-corrected chi connectivity index (χ1v) is 9.87. The normalized spacial score (nSPS) is 22.1. The van der Waals surface area contributed by atoms with Crippen LogP contribution in [0.5, 0.6) is 0 Å². The second-order valence-electron chi connectivity index (χ2n) is 5.71. The fourth-order valence-corrected chi connectivity index (χ4v) is 4.56. The van der Waals surface area contributed by atoms with Gasteiger partial charge in [-0.05, 0) is 13.8 Å². The summed E-state index contributed by atoms with van der Waals surface area (Å²) in [6.45, 7) is 4.71. The number of esters is 1. The van der Waals surface area contributed by atoms with Crippen LogP contribution in [0, 0.1) is 12.3 Å². The molecule has 0 aromatic carbocycles. The highest BCUT2D eigenvalue weighted by atomic mass is 35.5. The van der Waals surface area contributed by atoms with E-state index in [1.807, 2.05) is 0 Å². The van der Waals surface area contributed by atoms with Crippen molar-refractivity contribution in [3.8, 4) is 12.3 Å². The van der Waals surface area contributed by atoms with Crippen LogP contribution in [-0.4, -0.2) is 58.2 Å². The molecule has 1 amide bonds. The van der Waals surface area contributed by atoms with Gasteiger partial charge in [-0.1, -0.05) is 5.92 Å². The maximum atomic E-state index is 12.6. The first-order chi connectivity index (χ1) is 12.3. The van der Waals surface area contributed by atoms with E-state index in [1.165, 1.54) is 35.3 Å². The average molecular weight is 437 g/mol. The molecule has 0 bridgehead atoms. The highest BCUT2D eigenvalue weighted by Gasteiger charge is 2.52. The number of carbonyl (C=O) groups is 3. The number of halogens is 1. The van der Waals surface area contributed by atoms with Crippen LogP contribution < -0.4 is 5.73 Å². The van der Waals surface area contributed by atoms with Gasteiger partial charge in [0.25, 0.3) is 0 Å². The second-order valence-corrected chi connectivity index (χ2v) is 7.88. The number of β-lactam (4-membered cyclic amide) rings is 1. The molecule has 0 aromatic heterocycles. The number of carbonyl (C=O) groups excluding carboxylic acids is 3. The third kappa shape index (κ3) is 5.48. The summed E-state index contributed by atoms with van der Waals surface area (Å²) in [5.41, 5.74) is 5.89. The lowest BCUT2D eigenvalue weighted by molar-refractivity contribution is -0.169. The number of terminal acetylenes is 1. The van der Waals surface area contributed by atoms with Crippen LogP contribution in [0.2, 0.25) is 0 Å². The van der Waals surface area contributed by atoms with Gasteiger partial charge in [0.1, 0.15) is 17.1 Å². The fourth-order valence-electron chi connectivity index (χ4n) is 2.30. The third-order valence-corrected chi connectivity index (χ3v) is 5.85. The number of hydrogen-bond donors (Lipinski definition) is 1. The topological polar surface area (TPSA) is 108 Å². The number of amides is 1. The fraction of sp³-hybridized carbons (Fsp3) is 0.562. The molecular weight excluding hydrogens is 416 g/mol. The van der Waals surface area contributed by atoms with E-state index in [0.717, 1.165) is 0 Å². The lowest BCUT2D eigenvalue weighted by Crippen LogP contribution is -2.68. The Kier molecular flexibility index (Phi) is 8.81. The van der Waals surface area contributed by atoms with Crippen molar-refractivity contribution in [2.24, 2.45) is 5.73 Å². The SMILES string of the molecule is C#CCSC1=C(C(=O)OC(C)OC(=O)OC(C)C)N2C(=O)[C@@H](N)[C@H]2SC1.Cl. The number of fused-ring (bicyclic) bond motifs is 1. The molecule has 2 heterocycles. The zero-order valence-electron chi connectivity index (χ0n) is 15.0. The Labute approximate surface area is 172 Å². The van der Waals surface area contributed by atoms with Gasteiger partial charge in [-0.15, -0.1) is 42.4 Å². The van der Waals surface area contributed by atoms with Gasteiger partial charge in [0, 0.05) is 17.6 Å². The van der Waals surface area contributed by atoms with Gasteiger partial charge in [-0.25, -0.2) is 9.59 Å². The Hall–Kier alpha value is -1.54. The van der Waals surface area contributed by atoms with E-state index in [9.17, 15) is 14.4 Å². The number of hydrogen-bond acceptors (Lipinski definition) is 9. The van der Waals surface area contributed by atoms with Crippen LogP contribution >= 0.6 is 35.9 Å². The molecular formula is C16H21ClN2O6S2. The highest BCUT2D eigenvalue weighted by Crippen LogP contribution is 2.43. The van der Waals surface area contributed by atoms with Crippen molar-refractivity contribution in [2.75, 3.05) is 11.5 Å². The van der Waals surface area contributed by atoms with Crippen LogP contribution in [0.4, 0.5) is 4.79 Å². The van der Waals surface area contributed by atoms with E-state index in [-0.39, 0.29) is 35.5 Å². The molecule has 11 heteroatoms. The van der Waals surface area contributed by atoms with Crippen LogP contribution in [0.1, 0.15) is 20.8 Å². The minimum absolute atomic E-state index is 0. The summed E-state index contributed by atoms with van der Waals surface area (Å²) in [4.78, 5) is 38.2. The van der Waals surface area contributed by atoms with E-state index in [0.29, 0.717) is 16.4 Å². The molecule has 2 rings (SSSR count). The molecule has 8 nitrogen and oxygen atoms in total. The molecule has 1 saturated heterocycles. The Balaban J connectivity index is 0.00000364. The Morgan fingerprint density at radius 1 is 1.37 bits per heavy atom. The smallest absolute Gasteiger partial charge is 0.431 e. The van der Waals surface area contributed by atoms with Crippen LogP contribution in [-0.2, 0) is 23.8 Å². The Bertz CT molecular complexity index is 678. The van der Waals surface area contributed by atoms with E-state index in [1.54, 1.807) is 13.8 Å². The van der Waals surface area contributed by atoms with E-state index in [2.05, 4.69) is 5.92 Å². The first-order valence-electron chi connectivity index (χ1n) is 7.84. The molecule has 2 aliphatic heterocycles. The number of rotatable bonds is 6. The maximum absolute atomic E-state index is 12.6. The van der Waals surface area contributed by atoms with Crippen molar-refractivity contribution in [1.29, 1.82) is 0 Å². The molecule has 0 saturated carbocycles. The molecule has 1 unspecified atom stereocenters. The molecule has 0 aliphatic carbocycles. The lowest BCUT2D eigenvalue weighted by atomic mass is 10.1. The summed E-state index contributed by atoms with van der Waals surface area (Å²) >= 11 is 2.74. The van der Waals surface area contributed by atoms with Crippen molar-refractivity contribution < 1.29 is 28.6 Å². The van der Waals surface area contributed by atoms with Gasteiger partial charge in [0.2, 0.25) is 12.2 Å². The zero-order chi connectivity index (χ0) is 19.4. The van der Waals surface area contributed by atoms with Crippen molar-refractivity contribution in [2.45, 2.75) is 44.6 Å². The quantitative estimate of drug-likeness (QED) is 0.288. The van der Waals surface area contributed by atoms with E-state index >= 15 is 0 Å². The van der Waals surface area contributed by atoms with E-state index in [4.69, 9.17) is 26.4 Å². The standard InChI is InChI=1S/C16H20N2O6S2.ClH/c1-5-6-25-10-7-26-14-11(17)13(19)18(14)12(10)15(20)23-9(4)24-16(21)22-8(2)3;/h1,8-9,11,14H,6-7,17H2,2-4H3;1H/t9?,11-,14-;/m1./s1. The lowest BCUT2D eigenvalue weighted by Gasteiger charge is -2.48. The molecule has 2 aliphatic rings. The highest BCUT2D eigenvalue weighted by molar-refractivity contribution is 8.06. The monoisotopic (exact) mass is 436 g/mol. The van der Waals surface area contributed by atoms with Gasteiger partial charge in [0.05, 0.1) is 11.9 Å². The molecule has 0 radical (unpaired) electrons. The summed E-state index contributed by atoms with van der Waals surface area (Å²) in [6.07, 6.45) is 2.78. The van der Waals surface area contributed by atoms with Crippen molar-refractivity contribution >= 4 is 54.0 Å². The number of nitrogens with zero attached hydrogens (tertiary/aromatic N) is 1. The van der Waals surface area contributed by atoms with Gasteiger partial charge in [0.15, 0.2) is 0 Å². The van der Waals surface area contributed by atoms with E-state index < -0.39 is 24.5 Å². The van der Waals surface area contributed by atoms with Gasteiger partial charge >= 0.3 is 12.1 Å². The van der Waals surface area contributed by atoms with Crippen LogP contribution in [0.3, 0.4) is 0 Å². The minimum Gasteiger partial charge on any atom is -0.431 e. The second kappa shape index (κ2) is 10.1. The predicted octanol–water partition coefficient (Wildman–Crippen LogP) is 1.68. The summed E-state index contributed by atoms with van der Waals surface area (Å²) in [5, 5.41) is -0.317. The summed E-state index contributed by atoms with van der Waals surface area (Å²) in [6, 6.07) is -0.656. The van der Waals surface area contributed by atoms with Gasteiger partial charge in [-0.2, -0.15) is 0 Å². The van der Waals surface area contributed by atoms with Crippen molar-refractivity contribution in [1.82, 2.24) is 4.90 Å². The predicted molar refractivity (Wildman–Crippen MR) is 105 cm³/mol. The minimum atomic E-state index is -1.18. The average Bonchev–Trinajstić information content (AvgIpc) is 2.57. The number of nitrogens with two attached hydrogens (primary N) is 1. The molecule has 27 heavy (non-hydrogen) atoms.